The summed E-state index contributed by atoms with van der Waals surface area (Å²) in [5, 5.41) is 0.625. The topological polar surface area (TPSA) is 57.2 Å². The van der Waals surface area contributed by atoms with Gasteiger partial charge in [0, 0.05) is 5.41 Å². The summed E-state index contributed by atoms with van der Waals surface area (Å²) in [7, 11) is -4.22. The van der Waals surface area contributed by atoms with E-state index >= 15 is 0 Å². The smallest absolute Gasteiger partial charge is 0.744 e. The van der Waals surface area contributed by atoms with Crippen LogP contribution in [0.3, 0.4) is 0 Å². The Morgan fingerprint density at radius 2 is 2.00 bits per heavy atom. The van der Waals surface area contributed by atoms with Gasteiger partial charge in [-0.25, -0.2) is 8.42 Å². The Bertz CT molecular complexity index is 227. The molecule has 0 bridgehead atoms. The number of rotatable bonds is 2. The first kappa shape index (κ1) is 13.6. The SMILES string of the molecule is C=C/C(C)=C/S(=O)(=O)[O-].[K+]. The zero-order chi connectivity index (χ0) is 7.49. The molecule has 3 nitrogen and oxygen atoms in total. The van der Waals surface area contributed by atoms with Crippen LogP contribution in [0.25, 0.3) is 0 Å². The van der Waals surface area contributed by atoms with Gasteiger partial charge >= 0.3 is 51.4 Å². The Morgan fingerprint density at radius 3 is 2.10 bits per heavy atom. The summed E-state index contributed by atoms with van der Waals surface area (Å²) in [6, 6.07) is 0. The summed E-state index contributed by atoms with van der Waals surface area (Å²) in [5.74, 6) is 0. The van der Waals surface area contributed by atoms with Crippen LogP contribution in [0.15, 0.2) is 23.6 Å². The molecule has 0 amide bonds. The molecule has 5 heteroatoms. The standard InChI is InChI=1S/C5H8O3S.K/c1-3-5(2)4-9(6,7)8;/h3-4H,1H2,2H3,(H,6,7,8);/q;+1/p-1/b5-4+;. The Balaban J connectivity index is 0. The van der Waals surface area contributed by atoms with Crippen molar-refractivity contribution in [3.8, 4) is 0 Å². The van der Waals surface area contributed by atoms with E-state index in [1.165, 1.54) is 13.0 Å². The summed E-state index contributed by atoms with van der Waals surface area (Å²) in [6.07, 6.45) is 1.30. The molecule has 0 aliphatic rings. The third-order valence-corrected chi connectivity index (χ3v) is 1.31. The van der Waals surface area contributed by atoms with Crippen molar-refractivity contribution < 1.29 is 64.4 Å². The van der Waals surface area contributed by atoms with E-state index in [4.69, 9.17) is 0 Å². The fourth-order valence-corrected chi connectivity index (χ4v) is 0.827. The Hall–Kier alpha value is 1.03. The molecule has 52 valence electrons. The Labute approximate surface area is 103 Å². The van der Waals surface area contributed by atoms with Crippen LogP contribution in [-0.4, -0.2) is 13.0 Å². The van der Waals surface area contributed by atoms with Gasteiger partial charge < -0.3 is 4.55 Å². The zero-order valence-corrected chi connectivity index (χ0v) is 9.93. The molecule has 0 saturated heterocycles. The minimum absolute atomic E-state index is 0. The molecule has 0 spiro atoms. The van der Waals surface area contributed by atoms with Crippen LogP contribution in [-0.2, 0) is 10.1 Å². The van der Waals surface area contributed by atoms with Crippen molar-refractivity contribution in [2.45, 2.75) is 6.92 Å². The van der Waals surface area contributed by atoms with E-state index < -0.39 is 10.1 Å². The van der Waals surface area contributed by atoms with Crippen molar-refractivity contribution >= 4 is 10.1 Å². The molecule has 0 atom stereocenters. The predicted molar refractivity (Wildman–Crippen MR) is 33.7 cm³/mol. The van der Waals surface area contributed by atoms with Gasteiger partial charge in [-0.2, -0.15) is 0 Å². The van der Waals surface area contributed by atoms with Gasteiger partial charge in [-0.1, -0.05) is 12.7 Å². The van der Waals surface area contributed by atoms with Crippen LogP contribution in [0.2, 0.25) is 0 Å². The molecular weight excluding hydrogens is 179 g/mol. The van der Waals surface area contributed by atoms with Crippen molar-refractivity contribution in [2.75, 3.05) is 0 Å². The van der Waals surface area contributed by atoms with Gasteiger partial charge in [0.2, 0.25) is 0 Å². The summed E-state index contributed by atoms with van der Waals surface area (Å²) < 4.78 is 29.8. The molecule has 10 heavy (non-hydrogen) atoms. The minimum Gasteiger partial charge on any atom is -0.744 e. The van der Waals surface area contributed by atoms with Crippen LogP contribution >= 0.6 is 0 Å². The molecule has 0 N–H and O–H groups in total. The third-order valence-electron chi connectivity index (χ3n) is 0.652. The largest absolute Gasteiger partial charge is 1.00 e. The van der Waals surface area contributed by atoms with Gasteiger partial charge in [0.05, 0.1) is 0 Å². The van der Waals surface area contributed by atoms with Crippen LogP contribution in [0.4, 0.5) is 0 Å². The second kappa shape index (κ2) is 5.65. The number of hydrogen-bond donors (Lipinski definition) is 0. The van der Waals surface area contributed by atoms with Gasteiger partial charge in [-0.3, -0.25) is 0 Å². The molecule has 0 radical (unpaired) electrons. The van der Waals surface area contributed by atoms with Crippen LogP contribution in [0.1, 0.15) is 6.92 Å². The van der Waals surface area contributed by atoms with E-state index in [0.717, 1.165) is 0 Å². The average Bonchev–Trinajstić information content (AvgIpc) is 1.62. The second-order valence-corrected chi connectivity index (χ2v) is 2.78. The molecule has 0 aromatic heterocycles. The quantitative estimate of drug-likeness (QED) is 0.275. The normalized spacial score (nSPS) is 12.0. The van der Waals surface area contributed by atoms with Gasteiger partial charge in [0.15, 0.2) is 0 Å². The van der Waals surface area contributed by atoms with Crippen LogP contribution in [0.5, 0.6) is 0 Å². The fourth-order valence-electron chi connectivity index (χ4n) is 0.276. The molecular formula is C5H7KO3S. The molecule has 0 saturated carbocycles. The van der Waals surface area contributed by atoms with Gasteiger partial charge in [-0.05, 0) is 12.5 Å². The van der Waals surface area contributed by atoms with Crippen molar-refractivity contribution in [1.29, 1.82) is 0 Å². The van der Waals surface area contributed by atoms with Gasteiger partial charge in [-0.15, -0.1) is 0 Å². The first-order valence-corrected chi connectivity index (χ1v) is 3.69. The van der Waals surface area contributed by atoms with E-state index in [0.29, 0.717) is 11.0 Å². The zero-order valence-electron chi connectivity index (χ0n) is 5.99. The molecule has 0 unspecified atom stereocenters. The Kier molecular flexibility index (Phi) is 7.68. The van der Waals surface area contributed by atoms with Crippen LogP contribution < -0.4 is 51.4 Å². The maximum atomic E-state index is 9.92. The first-order chi connectivity index (χ1) is 3.95. The molecule has 0 rings (SSSR count). The van der Waals surface area contributed by atoms with Gasteiger partial charge in [0.1, 0.15) is 10.1 Å². The van der Waals surface area contributed by atoms with Crippen molar-refractivity contribution in [3.05, 3.63) is 23.6 Å². The molecule has 0 fully saturated rings. The minimum atomic E-state index is -4.22. The fraction of sp³-hybridized carbons (Fsp3) is 0.200. The van der Waals surface area contributed by atoms with Crippen molar-refractivity contribution in [3.63, 3.8) is 0 Å². The number of hydrogen-bond acceptors (Lipinski definition) is 3. The van der Waals surface area contributed by atoms with E-state index in [2.05, 4.69) is 6.58 Å². The van der Waals surface area contributed by atoms with E-state index in [9.17, 15) is 13.0 Å². The first-order valence-electron chi connectivity index (χ1n) is 2.22. The summed E-state index contributed by atoms with van der Waals surface area (Å²) >= 11 is 0. The molecule has 0 aromatic rings. The number of allylic oxidation sites excluding steroid dienone is 2. The Morgan fingerprint density at radius 1 is 1.60 bits per heavy atom. The molecule has 0 aliphatic carbocycles. The van der Waals surface area contributed by atoms with E-state index in [1.54, 1.807) is 0 Å². The maximum absolute atomic E-state index is 9.92. The van der Waals surface area contributed by atoms with Crippen molar-refractivity contribution in [2.24, 2.45) is 0 Å². The molecule has 0 heterocycles. The second-order valence-electron chi connectivity index (χ2n) is 1.56. The van der Waals surface area contributed by atoms with E-state index in [1.807, 2.05) is 0 Å². The monoisotopic (exact) mass is 186 g/mol. The molecule has 0 aromatic carbocycles. The van der Waals surface area contributed by atoms with Gasteiger partial charge in [0.25, 0.3) is 0 Å². The van der Waals surface area contributed by atoms with Crippen LogP contribution in [0, 0.1) is 0 Å². The summed E-state index contributed by atoms with van der Waals surface area (Å²) in [6.45, 7) is 4.76. The third kappa shape index (κ3) is 9.03. The molecule has 0 aliphatic heterocycles. The summed E-state index contributed by atoms with van der Waals surface area (Å²) in [5.41, 5.74) is 0.352. The predicted octanol–water partition coefficient (Wildman–Crippen LogP) is -2.37. The van der Waals surface area contributed by atoms with Crippen molar-refractivity contribution in [1.82, 2.24) is 0 Å². The summed E-state index contributed by atoms with van der Waals surface area (Å²) in [4.78, 5) is 0. The average molecular weight is 186 g/mol. The maximum Gasteiger partial charge on any atom is 1.00 e. The van der Waals surface area contributed by atoms with E-state index in [-0.39, 0.29) is 51.4 Å².